The number of amides is 2. The molecule has 172 valence electrons. The van der Waals surface area contributed by atoms with Crippen LogP contribution in [0, 0.1) is 0 Å². The summed E-state index contributed by atoms with van der Waals surface area (Å²) in [5, 5.41) is 16.6. The maximum absolute atomic E-state index is 12.6. The van der Waals surface area contributed by atoms with E-state index in [9.17, 15) is 4.79 Å². The van der Waals surface area contributed by atoms with E-state index in [4.69, 9.17) is 14.6 Å². The molecule has 2 aromatic carbocycles. The molecule has 0 fully saturated rings. The summed E-state index contributed by atoms with van der Waals surface area (Å²) in [5.74, 6) is 2.02. The highest BCUT2D eigenvalue weighted by atomic mass is 16.5. The zero-order chi connectivity index (χ0) is 23.5. The molecular weight excluding hydrogens is 420 g/mol. The Hall–Kier alpha value is -4.01. The fourth-order valence-corrected chi connectivity index (χ4v) is 3.89. The van der Waals surface area contributed by atoms with Crippen molar-refractivity contribution in [2.24, 2.45) is 12.1 Å². The van der Waals surface area contributed by atoms with Gasteiger partial charge in [0, 0.05) is 43.2 Å². The van der Waals surface area contributed by atoms with Gasteiger partial charge in [-0.25, -0.2) is 9.80 Å². The summed E-state index contributed by atoms with van der Waals surface area (Å²) in [6, 6.07) is 13.3. The molecule has 0 saturated heterocycles. The first-order chi connectivity index (χ1) is 15.9. The van der Waals surface area contributed by atoms with Gasteiger partial charge in [0.1, 0.15) is 0 Å². The maximum Gasteiger partial charge on any atom is 0.337 e. The molecule has 0 radical (unpaired) electrons. The smallest absolute Gasteiger partial charge is 0.337 e. The molecule has 0 spiro atoms. The predicted molar refractivity (Wildman–Crippen MR) is 128 cm³/mol. The van der Waals surface area contributed by atoms with Crippen molar-refractivity contribution in [3.63, 3.8) is 0 Å². The molecule has 2 amide bonds. The lowest BCUT2D eigenvalue weighted by Crippen LogP contribution is -2.41. The number of rotatable bonds is 5. The fraction of sp³-hybridized carbons (Fsp3) is 0.292. The number of hydrogen-bond donors (Lipinski definition) is 2. The SMILES string of the molecule is CNC(=O)N1N=C(c2ccc(Nc3ccn(C)n3)cc2)c2cc(OC)c(OC)cc2CC1C. The highest BCUT2D eigenvalue weighted by Gasteiger charge is 2.28. The van der Waals surface area contributed by atoms with Gasteiger partial charge in [-0.2, -0.15) is 10.2 Å². The van der Waals surface area contributed by atoms with Gasteiger partial charge < -0.3 is 20.1 Å². The van der Waals surface area contributed by atoms with Gasteiger partial charge in [0.05, 0.1) is 26.0 Å². The molecule has 0 aliphatic carbocycles. The van der Waals surface area contributed by atoms with Crippen LogP contribution >= 0.6 is 0 Å². The van der Waals surface area contributed by atoms with E-state index in [1.807, 2.05) is 62.6 Å². The number of aromatic nitrogens is 2. The molecule has 0 saturated carbocycles. The van der Waals surface area contributed by atoms with Crippen molar-refractivity contribution >= 4 is 23.2 Å². The van der Waals surface area contributed by atoms with E-state index in [2.05, 4.69) is 15.7 Å². The average molecular weight is 449 g/mol. The average Bonchev–Trinajstić information content (AvgIpc) is 3.17. The number of ether oxygens (including phenoxy) is 2. The number of carbonyl (C=O) groups excluding carboxylic acids is 1. The van der Waals surface area contributed by atoms with E-state index >= 15 is 0 Å². The summed E-state index contributed by atoms with van der Waals surface area (Å²) in [6.07, 6.45) is 2.50. The second kappa shape index (κ2) is 9.23. The second-order valence-electron chi connectivity index (χ2n) is 7.84. The van der Waals surface area contributed by atoms with Crippen LogP contribution in [0.3, 0.4) is 0 Å². The molecule has 0 bridgehead atoms. The minimum atomic E-state index is -0.264. The summed E-state index contributed by atoms with van der Waals surface area (Å²) in [7, 11) is 6.70. The number of nitrogens with zero attached hydrogens (tertiary/aromatic N) is 4. The van der Waals surface area contributed by atoms with Crippen molar-refractivity contribution < 1.29 is 14.3 Å². The number of fused-ring (bicyclic) bond motifs is 1. The topological polar surface area (TPSA) is 93.0 Å². The molecule has 4 rings (SSSR count). The lowest BCUT2D eigenvalue weighted by Gasteiger charge is -2.22. The Balaban J connectivity index is 1.78. The highest BCUT2D eigenvalue weighted by molar-refractivity contribution is 6.14. The van der Waals surface area contributed by atoms with Gasteiger partial charge in [0.15, 0.2) is 17.3 Å². The molecule has 1 atom stereocenters. The van der Waals surface area contributed by atoms with E-state index in [0.717, 1.165) is 28.2 Å². The Morgan fingerprint density at radius 2 is 1.79 bits per heavy atom. The van der Waals surface area contributed by atoms with Crippen molar-refractivity contribution in [1.29, 1.82) is 0 Å². The van der Waals surface area contributed by atoms with Crippen molar-refractivity contribution in [2.75, 3.05) is 26.6 Å². The summed E-state index contributed by atoms with van der Waals surface area (Å²) in [4.78, 5) is 12.6. The Morgan fingerprint density at radius 1 is 1.09 bits per heavy atom. The fourth-order valence-electron chi connectivity index (χ4n) is 3.89. The van der Waals surface area contributed by atoms with Gasteiger partial charge in [-0.05, 0) is 43.2 Å². The maximum atomic E-state index is 12.6. The Labute approximate surface area is 193 Å². The first-order valence-electron chi connectivity index (χ1n) is 10.7. The largest absolute Gasteiger partial charge is 0.493 e. The van der Waals surface area contributed by atoms with Gasteiger partial charge in [-0.1, -0.05) is 12.1 Å². The number of carbonyl (C=O) groups is 1. The minimum absolute atomic E-state index is 0.149. The summed E-state index contributed by atoms with van der Waals surface area (Å²) >= 11 is 0. The number of urea groups is 1. The standard InChI is InChI=1S/C24H28N6O3/c1-15-12-17-13-20(32-4)21(33-5)14-19(17)23(28-30(15)24(31)25-2)16-6-8-18(9-7-16)26-22-10-11-29(3)27-22/h6-11,13-15H,12H2,1-5H3,(H,25,31)(H,26,27). The molecule has 33 heavy (non-hydrogen) atoms. The summed E-state index contributed by atoms with van der Waals surface area (Å²) in [5.41, 5.74) is 4.38. The zero-order valence-electron chi connectivity index (χ0n) is 19.4. The number of anilines is 2. The molecule has 1 aromatic heterocycles. The molecular formula is C24H28N6O3. The van der Waals surface area contributed by atoms with Gasteiger partial charge in [-0.15, -0.1) is 0 Å². The molecule has 2 heterocycles. The first-order valence-corrected chi connectivity index (χ1v) is 10.7. The van der Waals surface area contributed by atoms with Crippen molar-refractivity contribution in [3.05, 3.63) is 65.4 Å². The monoisotopic (exact) mass is 448 g/mol. The number of methoxy groups -OCH3 is 2. The Morgan fingerprint density at radius 3 is 2.39 bits per heavy atom. The highest BCUT2D eigenvalue weighted by Crippen LogP contribution is 2.34. The lowest BCUT2D eigenvalue weighted by atomic mass is 9.94. The Bertz CT molecular complexity index is 1190. The third-order valence-corrected chi connectivity index (χ3v) is 5.57. The normalized spacial score (nSPS) is 15.2. The summed E-state index contributed by atoms with van der Waals surface area (Å²) in [6.45, 7) is 1.97. The zero-order valence-corrected chi connectivity index (χ0v) is 19.4. The third kappa shape index (κ3) is 4.48. The van der Waals surface area contributed by atoms with Crippen molar-refractivity contribution in [3.8, 4) is 11.5 Å². The van der Waals surface area contributed by atoms with E-state index in [0.29, 0.717) is 23.6 Å². The van der Waals surface area contributed by atoms with E-state index < -0.39 is 0 Å². The van der Waals surface area contributed by atoms with Crippen LogP contribution in [0.15, 0.2) is 53.8 Å². The summed E-state index contributed by atoms with van der Waals surface area (Å²) < 4.78 is 12.8. The van der Waals surface area contributed by atoms with E-state index in [1.54, 1.807) is 25.9 Å². The van der Waals surface area contributed by atoms with Crippen molar-refractivity contribution in [1.82, 2.24) is 20.1 Å². The number of aryl methyl sites for hydroxylation is 1. The van der Waals surface area contributed by atoms with Crippen LogP contribution in [-0.2, 0) is 13.5 Å². The number of hydrogen-bond acceptors (Lipinski definition) is 6. The van der Waals surface area contributed by atoms with Crippen LogP contribution in [0.2, 0.25) is 0 Å². The predicted octanol–water partition coefficient (Wildman–Crippen LogP) is 3.52. The van der Waals surface area contributed by atoms with E-state index in [-0.39, 0.29) is 12.1 Å². The van der Waals surface area contributed by atoms with Gasteiger partial charge in [0.2, 0.25) is 0 Å². The number of hydrazone groups is 1. The first kappa shape index (κ1) is 22.2. The molecule has 9 nitrogen and oxygen atoms in total. The van der Waals surface area contributed by atoms with Crippen LogP contribution < -0.4 is 20.1 Å². The van der Waals surface area contributed by atoms with Gasteiger partial charge >= 0.3 is 6.03 Å². The second-order valence-corrected chi connectivity index (χ2v) is 7.84. The molecule has 9 heteroatoms. The minimum Gasteiger partial charge on any atom is -0.493 e. The third-order valence-electron chi connectivity index (χ3n) is 5.57. The molecule has 1 aliphatic heterocycles. The van der Waals surface area contributed by atoms with Crippen LogP contribution in [-0.4, -0.2) is 53.8 Å². The molecule has 2 N–H and O–H groups in total. The van der Waals surface area contributed by atoms with Crippen LogP contribution in [0.25, 0.3) is 0 Å². The van der Waals surface area contributed by atoms with Crippen molar-refractivity contribution in [2.45, 2.75) is 19.4 Å². The quantitative estimate of drug-likeness (QED) is 0.623. The van der Waals surface area contributed by atoms with Gasteiger partial charge in [0.25, 0.3) is 0 Å². The molecule has 1 unspecified atom stereocenters. The number of nitrogens with one attached hydrogen (secondary N) is 2. The van der Waals surface area contributed by atoms with Crippen LogP contribution in [0.5, 0.6) is 11.5 Å². The van der Waals surface area contributed by atoms with Gasteiger partial charge in [-0.3, -0.25) is 4.68 Å². The number of benzene rings is 2. The molecule has 3 aromatic rings. The molecule has 1 aliphatic rings. The lowest BCUT2D eigenvalue weighted by molar-refractivity contribution is 0.184. The van der Waals surface area contributed by atoms with Crippen LogP contribution in [0.1, 0.15) is 23.6 Å². The van der Waals surface area contributed by atoms with E-state index in [1.165, 1.54) is 5.01 Å². The Kier molecular flexibility index (Phi) is 6.21. The van der Waals surface area contributed by atoms with Crippen LogP contribution in [0.4, 0.5) is 16.3 Å².